The van der Waals surface area contributed by atoms with Crippen molar-refractivity contribution in [3.63, 3.8) is 0 Å². The summed E-state index contributed by atoms with van der Waals surface area (Å²) in [5, 5.41) is 7.36. The average molecular weight is 571 g/mol. The van der Waals surface area contributed by atoms with E-state index in [-0.39, 0.29) is 25.4 Å². The lowest BCUT2D eigenvalue weighted by Crippen LogP contribution is -2.46. The Hall–Kier alpha value is -4.97. The van der Waals surface area contributed by atoms with Crippen LogP contribution in [0.15, 0.2) is 66.3 Å². The lowest BCUT2D eigenvalue weighted by Gasteiger charge is -2.27. The molecular formula is C29H23FN6O4S. The molecule has 41 heavy (non-hydrogen) atoms. The number of thiophene rings is 1. The maximum atomic E-state index is 13.9. The van der Waals surface area contributed by atoms with Crippen LogP contribution >= 0.6 is 11.3 Å². The first-order chi connectivity index (χ1) is 19.8. The Morgan fingerprint density at radius 2 is 1.83 bits per heavy atom. The first-order valence-electron chi connectivity index (χ1n) is 12.7. The summed E-state index contributed by atoms with van der Waals surface area (Å²) in [5.41, 5.74) is 2.80. The van der Waals surface area contributed by atoms with E-state index >= 15 is 0 Å². The zero-order valence-electron chi connectivity index (χ0n) is 21.8. The Morgan fingerprint density at radius 1 is 1.07 bits per heavy atom. The third kappa shape index (κ3) is 5.05. The Bertz CT molecular complexity index is 1690. The standard InChI is InChI=1S/C29H23FN6O4S/c1-35-13-23(37)34-26-25(35)24(31-15-32-26)22-11-17(14-41-22)27(38)33-19(10-16-5-4-6-18(30)9-16)12-36-28(39)20-7-2-3-8-21(20)29(36)40/h2-9,11,14-15,19H,10,12-13H2,1H3,(H,33,38)(H,31,32,34,37)/t19-/m0/s1. The number of anilines is 2. The lowest BCUT2D eigenvalue weighted by atomic mass is 10.0. The van der Waals surface area contributed by atoms with Gasteiger partial charge in [-0.25, -0.2) is 14.4 Å². The number of hydrogen-bond acceptors (Lipinski definition) is 8. The third-order valence-electron chi connectivity index (χ3n) is 6.93. The van der Waals surface area contributed by atoms with Crippen molar-refractivity contribution >= 4 is 46.5 Å². The molecule has 2 aromatic carbocycles. The number of halogens is 1. The number of nitrogens with zero attached hydrogens (tertiary/aromatic N) is 4. The largest absolute Gasteiger partial charge is 0.360 e. The summed E-state index contributed by atoms with van der Waals surface area (Å²) in [6.45, 7) is 0.0567. The summed E-state index contributed by atoms with van der Waals surface area (Å²) >= 11 is 1.31. The number of aromatic nitrogens is 2. The summed E-state index contributed by atoms with van der Waals surface area (Å²) < 4.78 is 13.9. The van der Waals surface area contributed by atoms with Crippen LogP contribution in [0.3, 0.4) is 0 Å². The molecule has 12 heteroatoms. The number of amides is 4. The normalized spacial score (nSPS) is 14.9. The smallest absolute Gasteiger partial charge is 0.261 e. The maximum Gasteiger partial charge on any atom is 0.261 e. The first-order valence-corrected chi connectivity index (χ1v) is 13.6. The molecular weight excluding hydrogens is 547 g/mol. The van der Waals surface area contributed by atoms with Gasteiger partial charge in [0, 0.05) is 19.0 Å². The van der Waals surface area contributed by atoms with Crippen molar-refractivity contribution in [1.29, 1.82) is 0 Å². The zero-order chi connectivity index (χ0) is 28.7. The van der Waals surface area contributed by atoms with E-state index in [9.17, 15) is 23.6 Å². The van der Waals surface area contributed by atoms with E-state index < -0.39 is 29.6 Å². The quantitative estimate of drug-likeness (QED) is 0.327. The SMILES string of the molecule is CN1CC(=O)Nc2ncnc(-c3cc(C(=O)N[C@@H](Cc4cccc(F)c4)CN4C(=O)c5ccccc5C4=O)cs3)c21. The Morgan fingerprint density at radius 3 is 2.56 bits per heavy atom. The molecule has 0 spiro atoms. The molecule has 1 atom stereocenters. The second-order valence-electron chi connectivity index (χ2n) is 9.79. The van der Waals surface area contributed by atoms with Gasteiger partial charge in [0.2, 0.25) is 5.91 Å². The van der Waals surface area contributed by atoms with E-state index in [2.05, 4.69) is 20.6 Å². The van der Waals surface area contributed by atoms with Crippen LogP contribution in [0.1, 0.15) is 36.6 Å². The van der Waals surface area contributed by atoms with E-state index in [0.29, 0.717) is 44.3 Å². The fourth-order valence-electron chi connectivity index (χ4n) is 5.06. The predicted octanol–water partition coefficient (Wildman–Crippen LogP) is 3.37. The molecule has 206 valence electrons. The molecule has 10 nitrogen and oxygen atoms in total. The molecule has 2 aliphatic rings. The minimum Gasteiger partial charge on any atom is -0.360 e. The van der Waals surface area contributed by atoms with Gasteiger partial charge in [-0.05, 0) is 42.3 Å². The van der Waals surface area contributed by atoms with Crippen LogP contribution in [0.25, 0.3) is 10.6 Å². The van der Waals surface area contributed by atoms with Crippen LogP contribution in [0.4, 0.5) is 15.9 Å². The molecule has 2 N–H and O–H groups in total. The monoisotopic (exact) mass is 570 g/mol. The van der Waals surface area contributed by atoms with Gasteiger partial charge in [0.05, 0.1) is 34.2 Å². The molecule has 6 rings (SSSR count). The molecule has 0 fully saturated rings. The number of carbonyl (C=O) groups is 4. The lowest BCUT2D eigenvalue weighted by molar-refractivity contribution is -0.115. The zero-order valence-corrected chi connectivity index (χ0v) is 22.6. The predicted molar refractivity (Wildman–Crippen MR) is 150 cm³/mol. The number of imide groups is 1. The molecule has 0 aliphatic carbocycles. The van der Waals surface area contributed by atoms with Crippen LogP contribution in [0, 0.1) is 5.82 Å². The highest BCUT2D eigenvalue weighted by Gasteiger charge is 2.37. The van der Waals surface area contributed by atoms with Gasteiger partial charge in [-0.3, -0.25) is 24.1 Å². The van der Waals surface area contributed by atoms with Crippen molar-refractivity contribution in [3.05, 3.63) is 94.4 Å². The molecule has 4 aromatic rings. The highest BCUT2D eigenvalue weighted by Crippen LogP contribution is 2.38. The molecule has 0 unspecified atom stereocenters. The van der Waals surface area contributed by atoms with Crippen molar-refractivity contribution in [2.24, 2.45) is 0 Å². The van der Waals surface area contributed by atoms with E-state index in [1.807, 2.05) is 0 Å². The number of rotatable bonds is 7. The van der Waals surface area contributed by atoms with E-state index in [1.54, 1.807) is 59.8 Å². The van der Waals surface area contributed by atoms with Gasteiger partial charge in [0.1, 0.15) is 23.5 Å². The van der Waals surface area contributed by atoms with Gasteiger partial charge in [0.15, 0.2) is 5.82 Å². The molecule has 2 aliphatic heterocycles. The molecule has 0 radical (unpaired) electrons. The summed E-state index contributed by atoms with van der Waals surface area (Å²) in [5.74, 6) is -1.51. The van der Waals surface area contributed by atoms with Crippen LogP contribution in [-0.2, 0) is 11.2 Å². The first kappa shape index (κ1) is 26.3. The van der Waals surface area contributed by atoms with Gasteiger partial charge < -0.3 is 15.5 Å². The van der Waals surface area contributed by atoms with Crippen molar-refractivity contribution in [2.45, 2.75) is 12.5 Å². The Labute approximate surface area is 237 Å². The highest BCUT2D eigenvalue weighted by molar-refractivity contribution is 7.13. The highest BCUT2D eigenvalue weighted by atomic mass is 32.1. The minimum atomic E-state index is -0.692. The van der Waals surface area contributed by atoms with Gasteiger partial charge in [-0.1, -0.05) is 24.3 Å². The van der Waals surface area contributed by atoms with Crippen LogP contribution < -0.4 is 15.5 Å². The number of hydrogen-bond donors (Lipinski definition) is 2. The Kier molecular flexibility index (Phi) is 6.75. The van der Waals surface area contributed by atoms with Gasteiger partial charge in [-0.2, -0.15) is 0 Å². The average Bonchev–Trinajstić information content (AvgIpc) is 3.53. The van der Waals surface area contributed by atoms with Crippen LogP contribution in [-0.4, -0.2) is 64.7 Å². The van der Waals surface area contributed by atoms with Crippen molar-refractivity contribution in [1.82, 2.24) is 20.2 Å². The number of carbonyl (C=O) groups excluding carboxylic acids is 4. The van der Waals surface area contributed by atoms with Gasteiger partial charge in [0.25, 0.3) is 17.7 Å². The molecule has 0 saturated heterocycles. The molecule has 0 saturated carbocycles. The molecule has 2 aromatic heterocycles. The fourth-order valence-corrected chi connectivity index (χ4v) is 5.95. The summed E-state index contributed by atoms with van der Waals surface area (Å²) in [6.07, 6.45) is 1.54. The van der Waals surface area contributed by atoms with Crippen LogP contribution in [0.2, 0.25) is 0 Å². The summed E-state index contributed by atoms with van der Waals surface area (Å²) in [6, 6.07) is 13.5. The van der Waals surface area contributed by atoms with Crippen LogP contribution in [0.5, 0.6) is 0 Å². The molecule has 4 amide bonds. The van der Waals surface area contributed by atoms with Gasteiger partial charge in [-0.15, -0.1) is 11.3 Å². The fraction of sp³-hybridized carbons (Fsp3) is 0.172. The Balaban J connectivity index is 1.25. The van der Waals surface area contributed by atoms with Gasteiger partial charge >= 0.3 is 0 Å². The number of likely N-dealkylation sites (N-methyl/N-ethyl adjacent to an activating group) is 1. The summed E-state index contributed by atoms with van der Waals surface area (Å²) in [7, 11) is 1.77. The number of nitrogens with one attached hydrogen (secondary N) is 2. The maximum absolute atomic E-state index is 13.9. The summed E-state index contributed by atoms with van der Waals surface area (Å²) in [4.78, 5) is 63.5. The van der Waals surface area contributed by atoms with Crippen molar-refractivity contribution in [3.8, 4) is 10.6 Å². The second-order valence-corrected chi connectivity index (χ2v) is 10.7. The van der Waals surface area contributed by atoms with E-state index in [4.69, 9.17) is 0 Å². The van der Waals surface area contributed by atoms with Crippen molar-refractivity contribution < 1.29 is 23.6 Å². The van der Waals surface area contributed by atoms with E-state index in [0.717, 1.165) is 4.90 Å². The number of benzene rings is 2. The minimum absolute atomic E-state index is 0.0878. The topological polar surface area (TPSA) is 125 Å². The van der Waals surface area contributed by atoms with Crippen molar-refractivity contribution in [2.75, 3.05) is 30.4 Å². The molecule has 4 heterocycles. The number of fused-ring (bicyclic) bond motifs is 2. The molecule has 0 bridgehead atoms. The third-order valence-corrected chi connectivity index (χ3v) is 7.86. The second kappa shape index (κ2) is 10.5. The van der Waals surface area contributed by atoms with E-state index in [1.165, 1.54) is 29.8 Å².